The van der Waals surface area contributed by atoms with E-state index in [2.05, 4.69) is 6.92 Å². The topological polar surface area (TPSA) is 57.9 Å². The summed E-state index contributed by atoms with van der Waals surface area (Å²) in [4.78, 5) is 13.0. The summed E-state index contributed by atoms with van der Waals surface area (Å²) >= 11 is 0. The molecule has 0 saturated carbocycles. The lowest BCUT2D eigenvalue weighted by molar-refractivity contribution is 0.396. The SMILES string of the molecule is CCc1ccc(-c2oc3cc(OC)cc(OC)c3c(=O)c2C)cc1OC. The Bertz CT molecular complexity index is 1020. The van der Waals surface area contributed by atoms with Gasteiger partial charge in [-0.3, -0.25) is 4.79 Å². The van der Waals surface area contributed by atoms with Crippen molar-refractivity contribution in [2.45, 2.75) is 20.3 Å². The van der Waals surface area contributed by atoms with Crippen LogP contribution in [0.25, 0.3) is 22.3 Å². The Morgan fingerprint density at radius 2 is 1.69 bits per heavy atom. The Hall–Kier alpha value is -2.95. The van der Waals surface area contributed by atoms with Crippen LogP contribution in [0.2, 0.25) is 0 Å². The summed E-state index contributed by atoms with van der Waals surface area (Å²) in [6, 6.07) is 9.20. The van der Waals surface area contributed by atoms with Gasteiger partial charge in [0.2, 0.25) is 0 Å². The Balaban J connectivity index is 2.31. The van der Waals surface area contributed by atoms with Gasteiger partial charge in [-0.25, -0.2) is 0 Å². The van der Waals surface area contributed by atoms with E-state index in [4.69, 9.17) is 18.6 Å². The molecule has 26 heavy (non-hydrogen) atoms. The normalized spacial score (nSPS) is 10.8. The molecule has 0 aliphatic heterocycles. The summed E-state index contributed by atoms with van der Waals surface area (Å²) in [6.45, 7) is 3.82. The molecule has 0 fully saturated rings. The number of ether oxygens (including phenoxy) is 3. The average Bonchev–Trinajstić information content (AvgIpc) is 2.68. The van der Waals surface area contributed by atoms with Gasteiger partial charge in [0.05, 0.1) is 21.3 Å². The van der Waals surface area contributed by atoms with E-state index in [0.717, 1.165) is 23.3 Å². The molecule has 2 aromatic carbocycles. The van der Waals surface area contributed by atoms with Crippen LogP contribution in [0.1, 0.15) is 18.1 Å². The molecule has 0 N–H and O–H groups in total. The molecule has 0 spiro atoms. The number of fused-ring (bicyclic) bond motifs is 1. The van der Waals surface area contributed by atoms with Gasteiger partial charge in [-0.05, 0) is 25.0 Å². The fourth-order valence-corrected chi connectivity index (χ4v) is 3.08. The fourth-order valence-electron chi connectivity index (χ4n) is 3.08. The molecule has 5 heteroatoms. The predicted molar refractivity (Wildman–Crippen MR) is 102 cm³/mol. The fraction of sp³-hybridized carbons (Fsp3) is 0.286. The third-order valence-corrected chi connectivity index (χ3v) is 4.55. The maximum atomic E-state index is 13.0. The quantitative estimate of drug-likeness (QED) is 0.681. The zero-order valence-corrected chi connectivity index (χ0v) is 15.6. The highest BCUT2D eigenvalue weighted by molar-refractivity contribution is 5.87. The van der Waals surface area contributed by atoms with Crippen molar-refractivity contribution < 1.29 is 18.6 Å². The summed E-state index contributed by atoms with van der Waals surface area (Å²) < 4.78 is 22.2. The number of methoxy groups -OCH3 is 3. The largest absolute Gasteiger partial charge is 0.496 e. The molecule has 0 aliphatic carbocycles. The van der Waals surface area contributed by atoms with Crippen molar-refractivity contribution in [3.63, 3.8) is 0 Å². The van der Waals surface area contributed by atoms with Gasteiger partial charge in [0.25, 0.3) is 0 Å². The predicted octanol–water partition coefficient (Wildman–Crippen LogP) is 4.36. The molecule has 5 nitrogen and oxygen atoms in total. The molecule has 1 heterocycles. The zero-order chi connectivity index (χ0) is 18.8. The highest BCUT2D eigenvalue weighted by Gasteiger charge is 2.18. The standard InChI is InChI=1S/C21H22O5/c1-6-13-7-8-14(9-16(13)24-4)21-12(2)20(22)19-17(25-5)10-15(23-3)11-18(19)26-21/h7-11H,6H2,1-5H3. The second kappa shape index (κ2) is 7.12. The average molecular weight is 354 g/mol. The van der Waals surface area contributed by atoms with Crippen molar-refractivity contribution in [3.05, 3.63) is 51.7 Å². The molecule has 0 atom stereocenters. The molecule has 0 unspecified atom stereocenters. The van der Waals surface area contributed by atoms with Crippen molar-refractivity contribution in [2.24, 2.45) is 0 Å². The summed E-state index contributed by atoms with van der Waals surface area (Å²) in [6.07, 6.45) is 0.860. The molecule has 0 saturated heterocycles. The van der Waals surface area contributed by atoms with E-state index in [1.165, 1.54) is 7.11 Å². The Labute approximate surface area is 152 Å². The monoisotopic (exact) mass is 354 g/mol. The molecule has 1 aromatic heterocycles. The van der Waals surface area contributed by atoms with Gasteiger partial charge in [0.15, 0.2) is 5.43 Å². The lowest BCUT2D eigenvalue weighted by atomic mass is 10.0. The van der Waals surface area contributed by atoms with E-state index in [1.807, 2.05) is 18.2 Å². The summed E-state index contributed by atoms with van der Waals surface area (Å²) in [5, 5.41) is 0.409. The van der Waals surface area contributed by atoms with Crippen LogP contribution in [-0.2, 0) is 6.42 Å². The minimum Gasteiger partial charge on any atom is -0.496 e. The van der Waals surface area contributed by atoms with Crippen molar-refractivity contribution in [2.75, 3.05) is 21.3 Å². The number of aryl methyl sites for hydroxylation is 1. The van der Waals surface area contributed by atoms with E-state index in [-0.39, 0.29) is 5.43 Å². The van der Waals surface area contributed by atoms with E-state index >= 15 is 0 Å². The number of rotatable bonds is 5. The maximum absolute atomic E-state index is 13.0. The van der Waals surface area contributed by atoms with Gasteiger partial charge in [0, 0.05) is 23.3 Å². The van der Waals surface area contributed by atoms with Crippen LogP contribution in [0, 0.1) is 6.92 Å². The van der Waals surface area contributed by atoms with Crippen molar-refractivity contribution in [3.8, 4) is 28.6 Å². The van der Waals surface area contributed by atoms with Gasteiger partial charge < -0.3 is 18.6 Å². The number of hydrogen-bond donors (Lipinski definition) is 0. The zero-order valence-electron chi connectivity index (χ0n) is 15.6. The molecular weight excluding hydrogens is 332 g/mol. The van der Waals surface area contributed by atoms with Crippen LogP contribution in [0.4, 0.5) is 0 Å². The smallest absolute Gasteiger partial charge is 0.199 e. The van der Waals surface area contributed by atoms with Gasteiger partial charge >= 0.3 is 0 Å². The lowest BCUT2D eigenvalue weighted by Gasteiger charge is -2.13. The maximum Gasteiger partial charge on any atom is 0.199 e. The first-order valence-corrected chi connectivity index (χ1v) is 8.40. The van der Waals surface area contributed by atoms with Gasteiger partial charge in [-0.15, -0.1) is 0 Å². The van der Waals surface area contributed by atoms with Crippen LogP contribution < -0.4 is 19.6 Å². The first-order valence-electron chi connectivity index (χ1n) is 8.40. The number of benzene rings is 2. The Morgan fingerprint density at radius 3 is 2.31 bits per heavy atom. The Morgan fingerprint density at radius 1 is 0.962 bits per heavy atom. The van der Waals surface area contributed by atoms with Crippen LogP contribution >= 0.6 is 0 Å². The highest BCUT2D eigenvalue weighted by Crippen LogP contribution is 2.34. The first kappa shape index (κ1) is 17.9. The van der Waals surface area contributed by atoms with Crippen LogP contribution in [-0.4, -0.2) is 21.3 Å². The minimum absolute atomic E-state index is 0.126. The second-order valence-electron chi connectivity index (χ2n) is 5.97. The van der Waals surface area contributed by atoms with Crippen molar-refractivity contribution in [1.29, 1.82) is 0 Å². The van der Waals surface area contributed by atoms with Gasteiger partial charge in [-0.1, -0.05) is 19.1 Å². The summed E-state index contributed by atoms with van der Waals surface area (Å²) in [7, 11) is 4.71. The molecule has 3 rings (SSSR count). The van der Waals surface area contributed by atoms with Gasteiger partial charge in [-0.2, -0.15) is 0 Å². The molecule has 0 amide bonds. The third kappa shape index (κ3) is 2.90. The van der Waals surface area contributed by atoms with E-state index < -0.39 is 0 Å². The second-order valence-corrected chi connectivity index (χ2v) is 5.97. The first-order chi connectivity index (χ1) is 12.5. The third-order valence-electron chi connectivity index (χ3n) is 4.55. The molecule has 136 valence electrons. The van der Waals surface area contributed by atoms with Crippen LogP contribution in [0.5, 0.6) is 17.2 Å². The summed E-state index contributed by atoms with van der Waals surface area (Å²) in [5.74, 6) is 2.28. The molecule has 3 aromatic rings. The van der Waals surface area contributed by atoms with E-state index in [1.54, 1.807) is 33.3 Å². The molecular formula is C21H22O5. The minimum atomic E-state index is -0.126. The van der Waals surface area contributed by atoms with E-state index in [9.17, 15) is 4.79 Å². The lowest BCUT2D eigenvalue weighted by Crippen LogP contribution is -2.09. The van der Waals surface area contributed by atoms with Crippen LogP contribution in [0.15, 0.2) is 39.5 Å². The number of hydrogen-bond acceptors (Lipinski definition) is 5. The molecule has 0 bridgehead atoms. The highest BCUT2D eigenvalue weighted by atomic mass is 16.5. The molecule has 0 radical (unpaired) electrons. The van der Waals surface area contributed by atoms with Gasteiger partial charge in [0.1, 0.15) is 34.0 Å². The van der Waals surface area contributed by atoms with E-state index in [0.29, 0.717) is 33.8 Å². The summed E-state index contributed by atoms with van der Waals surface area (Å²) in [5.41, 5.74) is 2.70. The van der Waals surface area contributed by atoms with Crippen LogP contribution in [0.3, 0.4) is 0 Å². The van der Waals surface area contributed by atoms with Crippen molar-refractivity contribution >= 4 is 11.0 Å². The molecule has 0 aliphatic rings. The Kier molecular flexibility index (Phi) is 4.89. The van der Waals surface area contributed by atoms with Crippen molar-refractivity contribution in [1.82, 2.24) is 0 Å².